The topological polar surface area (TPSA) is 91.2 Å². The number of amides is 2. The van der Waals surface area contributed by atoms with E-state index in [2.05, 4.69) is 16.7 Å². The summed E-state index contributed by atoms with van der Waals surface area (Å²) in [5.74, 6) is 0.186. The molecule has 2 N–H and O–H groups in total. The molecule has 0 saturated carbocycles. The lowest BCUT2D eigenvalue weighted by molar-refractivity contribution is -0.113. The number of hydrogen-bond donors (Lipinski definition) is 2. The molecule has 0 aliphatic carbocycles. The van der Waals surface area contributed by atoms with Crippen LogP contribution in [0.3, 0.4) is 0 Å². The van der Waals surface area contributed by atoms with Crippen molar-refractivity contribution in [2.24, 2.45) is 0 Å². The average Bonchev–Trinajstić information content (AvgIpc) is 2.84. The van der Waals surface area contributed by atoms with Gasteiger partial charge in [-0.05, 0) is 61.0 Å². The molecule has 0 unspecified atom stereocenters. The summed E-state index contributed by atoms with van der Waals surface area (Å²) in [5, 5.41) is 14.3. The second kappa shape index (κ2) is 12.1. The van der Waals surface area contributed by atoms with E-state index >= 15 is 0 Å². The fourth-order valence-electron chi connectivity index (χ4n) is 2.91. The minimum atomic E-state index is -0.462. The number of nitrogens with one attached hydrogen (secondary N) is 2. The molecule has 0 aliphatic rings. The van der Waals surface area contributed by atoms with Gasteiger partial charge in [-0.1, -0.05) is 36.4 Å². The lowest BCUT2D eigenvalue weighted by atomic mass is 10.1. The third-order valence-electron chi connectivity index (χ3n) is 4.43. The maximum Gasteiger partial charge on any atom is 0.272 e. The summed E-state index contributed by atoms with van der Waals surface area (Å²) in [6.07, 6.45) is 1.61. The van der Waals surface area contributed by atoms with Gasteiger partial charge in [0.2, 0.25) is 0 Å². The van der Waals surface area contributed by atoms with E-state index in [-0.39, 0.29) is 11.6 Å². The summed E-state index contributed by atoms with van der Waals surface area (Å²) in [6.45, 7) is 2.46. The Hall–Kier alpha value is -4.02. The highest BCUT2D eigenvalue weighted by atomic mass is 32.2. The molecule has 6 nitrogen and oxygen atoms in total. The van der Waals surface area contributed by atoms with E-state index < -0.39 is 5.91 Å². The first-order valence-electron chi connectivity index (χ1n) is 10.3. The van der Waals surface area contributed by atoms with E-state index in [4.69, 9.17) is 10.00 Å². The van der Waals surface area contributed by atoms with Crippen molar-refractivity contribution >= 4 is 35.3 Å². The van der Waals surface area contributed by atoms with Crippen LogP contribution in [-0.2, 0) is 4.79 Å². The molecular formula is C26H23N3O3S. The molecule has 0 bridgehead atoms. The van der Waals surface area contributed by atoms with Crippen LogP contribution in [0.15, 0.2) is 89.5 Å². The van der Waals surface area contributed by atoms with Crippen LogP contribution in [0, 0.1) is 11.3 Å². The molecule has 3 aromatic rings. The third-order valence-corrected chi connectivity index (χ3v) is 5.29. The van der Waals surface area contributed by atoms with Crippen LogP contribution >= 0.6 is 11.8 Å². The van der Waals surface area contributed by atoms with Crippen LogP contribution in [0.5, 0.6) is 5.75 Å². The number of carbonyl (C=O) groups excluding carboxylic acids is 2. The van der Waals surface area contributed by atoms with E-state index in [0.29, 0.717) is 23.6 Å². The molecule has 0 atom stereocenters. The van der Waals surface area contributed by atoms with Crippen molar-refractivity contribution in [1.82, 2.24) is 5.32 Å². The van der Waals surface area contributed by atoms with Gasteiger partial charge in [0.25, 0.3) is 11.8 Å². The number of hydrogen-bond acceptors (Lipinski definition) is 5. The Bertz CT molecular complexity index is 1170. The van der Waals surface area contributed by atoms with Crippen molar-refractivity contribution in [3.05, 3.63) is 95.7 Å². The first-order chi connectivity index (χ1) is 16.1. The van der Waals surface area contributed by atoms with E-state index in [9.17, 15) is 9.59 Å². The van der Waals surface area contributed by atoms with Gasteiger partial charge in [-0.25, -0.2) is 0 Å². The van der Waals surface area contributed by atoms with Crippen molar-refractivity contribution < 1.29 is 14.3 Å². The highest BCUT2D eigenvalue weighted by molar-refractivity contribution is 7.99. The first kappa shape index (κ1) is 23.6. The van der Waals surface area contributed by atoms with Gasteiger partial charge in [0.05, 0.1) is 18.4 Å². The molecular weight excluding hydrogens is 434 g/mol. The molecule has 0 radical (unpaired) electrons. The van der Waals surface area contributed by atoms with E-state index in [1.165, 1.54) is 11.8 Å². The Labute approximate surface area is 197 Å². The molecule has 2 amide bonds. The molecule has 0 aliphatic heterocycles. The first-order valence-corrected chi connectivity index (χ1v) is 11.3. The highest BCUT2D eigenvalue weighted by Gasteiger charge is 2.15. The zero-order chi connectivity index (χ0) is 23.5. The summed E-state index contributed by atoms with van der Waals surface area (Å²) in [4.78, 5) is 26.7. The van der Waals surface area contributed by atoms with Gasteiger partial charge in [-0.3, -0.25) is 9.59 Å². The van der Waals surface area contributed by atoms with Crippen molar-refractivity contribution in [2.45, 2.75) is 11.8 Å². The molecule has 33 heavy (non-hydrogen) atoms. The number of benzene rings is 3. The molecule has 0 saturated heterocycles. The molecule has 0 spiro atoms. The van der Waals surface area contributed by atoms with Gasteiger partial charge in [-0.15, -0.1) is 11.8 Å². The Morgan fingerprint density at radius 3 is 2.48 bits per heavy atom. The maximum atomic E-state index is 13.1. The van der Waals surface area contributed by atoms with Gasteiger partial charge < -0.3 is 15.4 Å². The van der Waals surface area contributed by atoms with Crippen LogP contribution in [0.1, 0.15) is 22.8 Å². The highest BCUT2D eigenvalue weighted by Crippen LogP contribution is 2.22. The molecule has 3 rings (SSSR count). The normalized spacial score (nSPS) is 10.7. The monoisotopic (exact) mass is 457 g/mol. The third kappa shape index (κ3) is 7.27. The number of ether oxygens (including phenoxy) is 1. The molecule has 166 valence electrons. The number of nitriles is 1. The van der Waals surface area contributed by atoms with E-state index in [0.717, 1.165) is 16.2 Å². The fourth-order valence-corrected chi connectivity index (χ4v) is 3.53. The molecule has 7 heteroatoms. The van der Waals surface area contributed by atoms with E-state index in [1.807, 2.05) is 31.2 Å². The summed E-state index contributed by atoms with van der Waals surface area (Å²) in [5.41, 5.74) is 1.84. The number of anilines is 1. The zero-order valence-electron chi connectivity index (χ0n) is 18.1. The van der Waals surface area contributed by atoms with Crippen molar-refractivity contribution in [2.75, 3.05) is 17.7 Å². The molecule has 3 aromatic carbocycles. The number of carbonyl (C=O) groups is 2. The standard InChI is InChI=1S/C26H23N3O3S/c1-2-32-22-13-11-19(12-14-22)17-24(29-25(30)20-7-4-3-5-8-20)26(31)28-21-9-6-10-23(18-21)33-16-15-27/h3-14,17-18H,2,16H2,1H3,(H,28,31)(H,29,30)/b24-17+. The predicted octanol–water partition coefficient (Wildman–Crippen LogP) is 5.11. The van der Waals surface area contributed by atoms with E-state index in [1.54, 1.807) is 60.7 Å². The average molecular weight is 458 g/mol. The number of thioether (sulfide) groups is 1. The minimum Gasteiger partial charge on any atom is -0.494 e. The molecule has 0 fully saturated rings. The lowest BCUT2D eigenvalue weighted by Gasteiger charge is -2.12. The van der Waals surface area contributed by atoms with Crippen molar-refractivity contribution in [3.8, 4) is 11.8 Å². The van der Waals surface area contributed by atoms with Crippen LogP contribution in [0.4, 0.5) is 5.69 Å². The SMILES string of the molecule is CCOc1ccc(/C=C(/NC(=O)c2ccccc2)C(=O)Nc2cccc(SCC#N)c2)cc1. The quantitative estimate of drug-likeness (QED) is 0.344. The smallest absolute Gasteiger partial charge is 0.272 e. The van der Waals surface area contributed by atoms with Crippen LogP contribution in [-0.4, -0.2) is 24.2 Å². The van der Waals surface area contributed by atoms with Gasteiger partial charge in [0.1, 0.15) is 11.4 Å². The van der Waals surface area contributed by atoms with Gasteiger partial charge in [0, 0.05) is 16.1 Å². The van der Waals surface area contributed by atoms with Crippen LogP contribution < -0.4 is 15.4 Å². The second-order valence-electron chi connectivity index (χ2n) is 6.81. The lowest BCUT2D eigenvalue weighted by Crippen LogP contribution is -2.30. The van der Waals surface area contributed by atoms with Gasteiger partial charge in [-0.2, -0.15) is 5.26 Å². The summed E-state index contributed by atoms with van der Waals surface area (Å²) in [7, 11) is 0. The van der Waals surface area contributed by atoms with Crippen LogP contribution in [0.2, 0.25) is 0 Å². The Morgan fingerprint density at radius 1 is 1.03 bits per heavy atom. The maximum absolute atomic E-state index is 13.1. The number of rotatable bonds is 9. The van der Waals surface area contributed by atoms with Crippen molar-refractivity contribution in [3.63, 3.8) is 0 Å². The molecule has 0 heterocycles. The summed E-state index contributed by atoms with van der Waals surface area (Å²) >= 11 is 1.38. The van der Waals surface area contributed by atoms with Gasteiger partial charge >= 0.3 is 0 Å². The summed E-state index contributed by atoms with van der Waals surface area (Å²) < 4.78 is 5.46. The fraction of sp³-hybridized carbons (Fsp3) is 0.115. The largest absolute Gasteiger partial charge is 0.494 e. The summed E-state index contributed by atoms with van der Waals surface area (Å²) in [6, 6.07) is 25.2. The Balaban J connectivity index is 1.84. The number of nitrogens with zero attached hydrogens (tertiary/aromatic N) is 1. The molecule has 0 aromatic heterocycles. The Morgan fingerprint density at radius 2 is 1.79 bits per heavy atom. The Kier molecular flexibility index (Phi) is 8.69. The zero-order valence-corrected chi connectivity index (χ0v) is 18.9. The van der Waals surface area contributed by atoms with Crippen molar-refractivity contribution in [1.29, 1.82) is 5.26 Å². The van der Waals surface area contributed by atoms with Gasteiger partial charge in [0.15, 0.2) is 0 Å². The second-order valence-corrected chi connectivity index (χ2v) is 7.86. The minimum absolute atomic E-state index is 0.100. The van der Waals surface area contributed by atoms with Crippen LogP contribution in [0.25, 0.3) is 6.08 Å². The predicted molar refractivity (Wildman–Crippen MR) is 131 cm³/mol.